The van der Waals surface area contributed by atoms with E-state index in [9.17, 15) is 8.42 Å². The molecule has 2 heterocycles. The monoisotopic (exact) mass is 221 g/mol. The van der Waals surface area contributed by atoms with Crippen LogP contribution in [0.2, 0.25) is 0 Å². The van der Waals surface area contributed by atoms with Gasteiger partial charge in [-0.3, -0.25) is 0 Å². The average molecular weight is 221 g/mol. The SMILES string of the molecule is NCC1COC(C2CCCS2(=O)=O)O1. The van der Waals surface area contributed by atoms with Gasteiger partial charge in [0.1, 0.15) is 5.25 Å². The van der Waals surface area contributed by atoms with Gasteiger partial charge in [0.05, 0.1) is 18.5 Å². The van der Waals surface area contributed by atoms with Gasteiger partial charge in [-0.05, 0) is 12.8 Å². The number of hydrogen-bond donors (Lipinski definition) is 1. The number of sulfone groups is 1. The molecule has 0 bridgehead atoms. The second kappa shape index (κ2) is 3.77. The average Bonchev–Trinajstić information content (AvgIpc) is 2.70. The minimum Gasteiger partial charge on any atom is -0.349 e. The first-order valence-electron chi connectivity index (χ1n) is 4.82. The molecule has 2 N–H and O–H groups in total. The smallest absolute Gasteiger partial charge is 0.174 e. The first-order valence-corrected chi connectivity index (χ1v) is 6.54. The van der Waals surface area contributed by atoms with E-state index in [0.29, 0.717) is 26.0 Å². The van der Waals surface area contributed by atoms with Crippen LogP contribution in [0.5, 0.6) is 0 Å². The van der Waals surface area contributed by atoms with Crippen molar-refractivity contribution in [2.75, 3.05) is 18.9 Å². The van der Waals surface area contributed by atoms with Gasteiger partial charge in [0.15, 0.2) is 16.1 Å². The molecule has 0 amide bonds. The van der Waals surface area contributed by atoms with Crippen molar-refractivity contribution in [1.82, 2.24) is 0 Å². The second-order valence-electron chi connectivity index (χ2n) is 3.74. The van der Waals surface area contributed by atoms with E-state index in [1.165, 1.54) is 0 Å². The lowest BCUT2D eigenvalue weighted by molar-refractivity contribution is -0.0571. The molecule has 3 atom stereocenters. The van der Waals surface area contributed by atoms with Crippen LogP contribution in [0.3, 0.4) is 0 Å². The molecule has 0 aromatic carbocycles. The fraction of sp³-hybridized carbons (Fsp3) is 1.00. The lowest BCUT2D eigenvalue weighted by Crippen LogP contribution is -2.33. The molecular weight excluding hydrogens is 206 g/mol. The number of ether oxygens (including phenoxy) is 2. The highest BCUT2D eigenvalue weighted by molar-refractivity contribution is 7.92. The fourth-order valence-corrected chi connectivity index (χ4v) is 3.79. The van der Waals surface area contributed by atoms with Gasteiger partial charge in [-0.2, -0.15) is 0 Å². The summed E-state index contributed by atoms with van der Waals surface area (Å²) in [6.07, 6.45) is 0.625. The summed E-state index contributed by atoms with van der Waals surface area (Å²) in [5.41, 5.74) is 5.41. The molecule has 2 aliphatic rings. The molecule has 0 aromatic heterocycles. The molecule has 3 unspecified atom stereocenters. The highest BCUT2D eigenvalue weighted by atomic mass is 32.2. The van der Waals surface area contributed by atoms with Crippen LogP contribution in [-0.4, -0.2) is 45.0 Å². The Morgan fingerprint density at radius 1 is 1.43 bits per heavy atom. The first-order chi connectivity index (χ1) is 6.63. The zero-order valence-electron chi connectivity index (χ0n) is 7.89. The van der Waals surface area contributed by atoms with E-state index in [-0.39, 0.29) is 11.9 Å². The summed E-state index contributed by atoms with van der Waals surface area (Å²) < 4.78 is 33.8. The van der Waals surface area contributed by atoms with Crippen LogP contribution in [0.15, 0.2) is 0 Å². The molecular formula is C8H15NO4S. The minimum absolute atomic E-state index is 0.143. The normalized spacial score (nSPS) is 41.6. The predicted octanol–water partition coefficient (Wildman–Crippen LogP) is -0.736. The van der Waals surface area contributed by atoms with Gasteiger partial charge in [-0.15, -0.1) is 0 Å². The summed E-state index contributed by atoms with van der Waals surface area (Å²) in [6, 6.07) is 0. The van der Waals surface area contributed by atoms with Gasteiger partial charge in [0.25, 0.3) is 0 Å². The molecule has 2 fully saturated rings. The van der Waals surface area contributed by atoms with Crippen LogP contribution in [0.4, 0.5) is 0 Å². The van der Waals surface area contributed by atoms with Crippen LogP contribution >= 0.6 is 0 Å². The Hall–Kier alpha value is -0.170. The van der Waals surface area contributed by atoms with Crippen LogP contribution in [0, 0.1) is 0 Å². The van der Waals surface area contributed by atoms with Gasteiger partial charge in [0, 0.05) is 6.54 Å². The summed E-state index contributed by atoms with van der Waals surface area (Å²) in [6.45, 7) is 0.788. The maximum Gasteiger partial charge on any atom is 0.174 e. The van der Waals surface area contributed by atoms with E-state index in [4.69, 9.17) is 15.2 Å². The van der Waals surface area contributed by atoms with Gasteiger partial charge < -0.3 is 15.2 Å². The van der Waals surface area contributed by atoms with Crippen LogP contribution in [-0.2, 0) is 19.3 Å². The van der Waals surface area contributed by atoms with Crippen LogP contribution < -0.4 is 5.73 Å². The lowest BCUT2D eigenvalue weighted by atomic mass is 10.2. The van der Waals surface area contributed by atoms with E-state index in [0.717, 1.165) is 0 Å². The van der Waals surface area contributed by atoms with Crippen molar-refractivity contribution in [1.29, 1.82) is 0 Å². The van der Waals surface area contributed by atoms with Gasteiger partial charge in [-0.25, -0.2) is 8.42 Å². The van der Waals surface area contributed by atoms with E-state index in [1.54, 1.807) is 0 Å². The maximum atomic E-state index is 11.6. The standard InChI is InChI=1S/C8H15NO4S/c9-4-6-5-12-8(13-6)7-2-1-3-14(7,10)11/h6-8H,1-5,9H2. The highest BCUT2D eigenvalue weighted by Crippen LogP contribution is 2.28. The van der Waals surface area contributed by atoms with E-state index >= 15 is 0 Å². The maximum absolute atomic E-state index is 11.6. The Labute approximate surface area is 83.5 Å². The zero-order chi connectivity index (χ0) is 10.2. The molecule has 2 rings (SSSR count). The topological polar surface area (TPSA) is 78.6 Å². The molecule has 2 aliphatic heterocycles. The Bertz CT molecular complexity index is 302. The third kappa shape index (κ3) is 1.79. The summed E-state index contributed by atoms with van der Waals surface area (Å²) in [7, 11) is -2.99. The molecule has 2 saturated heterocycles. The fourth-order valence-electron chi connectivity index (χ4n) is 1.91. The summed E-state index contributed by atoms with van der Waals surface area (Å²) in [4.78, 5) is 0. The van der Waals surface area contributed by atoms with Crippen molar-refractivity contribution in [3.05, 3.63) is 0 Å². The van der Waals surface area contributed by atoms with Crippen molar-refractivity contribution in [3.63, 3.8) is 0 Å². The minimum atomic E-state index is -2.99. The molecule has 0 spiro atoms. The van der Waals surface area contributed by atoms with Crippen molar-refractivity contribution in [3.8, 4) is 0 Å². The van der Waals surface area contributed by atoms with E-state index < -0.39 is 21.4 Å². The second-order valence-corrected chi connectivity index (χ2v) is 6.08. The molecule has 0 saturated carbocycles. The molecule has 0 aromatic rings. The molecule has 5 nitrogen and oxygen atoms in total. The number of rotatable bonds is 2. The molecule has 6 heteroatoms. The van der Waals surface area contributed by atoms with Crippen LogP contribution in [0.25, 0.3) is 0 Å². The van der Waals surface area contributed by atoms with E-state index in [1.807, 2.05) is 0 Å². The Morgan fingerprint density at radius 2 is 2.21 bits per heavy atom. The van der Waals surface area contributed by atoms with E-state index in [2.05, 4.69) is 0 Å². The third-order valence-electron chi connectivity index (χ3n) is 2.72. The largest absolute Gasteiger partial charge is 0.349 e. The lowest BCUT2D eigenvalue weighted by Gasteiger charge is -2.16. The van der Waals surface area contributed by atoms with Crippen molar-refractivity contribution in [2.45, 2.75) is 30.5 Å². The molecule has 0 radical (unpaired) electrons. The van der Waals surface area contributed by atoms with Crippen molar-refractivity contribution < 1.29 is 17.9 Å². The number of hydrogen-bond acceptors (Lipinski definition) is 5. The molecule has 0 aliphatic carbocycles. The first kappa shape index (κ1) is 10.4. The number of nitrogens with two attached hydrogens (primary N) is 1. The summed E-state index contributed by atoms with van der Waals surface area (Å²) in [5, 5.41) is -0.473. The summed E-state index contributed by atoms with van der Waals surface area (Å²) >= 11 is 0. The Morgan fingerprint density at radius 3 is 2.71 bits per heavy atom. The van der Waals surface area contributed by atoms with Gasteiger partial charge in [-0.1, -0.05) is 0 Å². The van der Waals surface area contributed by atoms with Crippen molar-refractivity contribution >= 4 is 9.84 Å². The zero-order valence-corrected chi connectivity index (χ0v) is 8.70. The molecule has 14 heavy (non-hydrogen) atoms. The van der Waals surface area contributed by atoms with Gasteiger partial charge in [0.2, 0.25) is 0 Å². The Balaban J connectivity index is 2.03. The predicted molar refractivity (Wildman–Crippen MR) is 50.5 cm³/mol. The summed E-state index contributed by atoms with van der Waals surface area (Å²) in [5.74, 6) is 0.258. The van der Waals surface area contributed by atoms with Crippen molar-refractivity contribution in [2.24, 2.45) is 5.73 Å². The van der Waals surface area contributed by atoms with Gasteiger partial charge >= 0.3 is 0 Å². The van der Waals surface area contributed by atoms with Crippen LogP contribution in [0.1, 0.15) is 12.8 Å². The third-order valence-corrected chi connectivity index (χ3v) is 4.96. The quantitative estimate of drug-likeness (QED) is 0.664. The Kier molecular flexibility index (Phi) is 2.79. The highest BCUT2D eigenvalue weighted by Gasteiger charge is 2.42. The molecule has 82 valence electrons.